The highest BCUT2D eigenvalue weighted by Crippen LogP contribution is 2.23. The Bertz CT molecular complexity index is 897. The number of para-hydroxylation sites is 2. The van der Waals surface area contributed by atoms with Gasteiger partial charge in [-0.3, -0.25) is 9.59 Å². The molecular weight excluding hydrogens is 392 g/mol. The Hall–Kier alpha value is -2.41. The first-order chi connectivity index (χ1) is 15.1. The molecule has 1 unspecified atom stereocenters. The smallest absolute Gasteiger partial charge is 0.249 e. The predicted octanol–water partition coefficient (Wildman–Crippen LogP) is 3.06. The SMILES string of the molecule is CN(C(=O)Cn1c(CCCNC(=O)C2CCCO2)nc2ccccc21)C1CCCCC1. The molecule has 2 aliphatic rings. The number of benzene rings is 1. The zero-order valence-electron chi connectivity index (χ0n) is 18.5. The summed E-state index contributed by atoms with van der Waals surface area (Å²) in [6.45, 7) is 1.56. The van der Waals surface area contributed by atoms with Crippen LogP contribution in [0.5, 0.6) is 0 Å². The maximum atomic E-state index is 13.1. The second kappa shape index (κ2) is 10.3. The van der Waals surface area contributed by atoms with Crippen LogP contribution in [-0.2, 0) is 27.3 Å². The number of likely N-dealkylation sites (N-methyl/N-ethyl adjacent to an activating group) is 1. The molecule has 2 aromatic rings. The van der Waals surface area contributed by atoms with Crippen LogP contribution >= 0.6 is 0 Å². The van der Waals surface area contributed by atoms with Gasteiger partial charge in [0.2, 0.25) is 11.8 Å². The molecule has 1 saturated carbocycles. The maximum Gasteiger partial charge on any atom is 0.249 e. The molecule has 168 valence electrons. The van der Waals surface area contributed by atoms with Crippen molar-refractivity contribution in [3.05, 3.63) is 30.1 Å². The number of hydrogen-bond acceptors (Lipinski definition) is 4. The van der Waals surface area contributed by atoms with E-state index in [1.807, 2.05) is 36.2 Å². The Morgan fingerprint density at radius 2 is 1.97 bits per heavy atom. The number of amides is 2. The van der Waals surface area contributed by atoms with E-state index in [0.29, 0.717) is 32.2 Å². The molecule has 7 nitrogen and oxygen atoms in total. The Labute approximate surface area is 184 Å². The summed E-state index contributed by atoms with van der Waals surface area (Å²) < 4.78 is 7.49. The highest BCUT2D eigenvalue weighted by molar-refractivity contribution is 5.81. The van der Waals surface area contributed by atoms with E-state index < -0.39 is 0 Å². The Balaban J connectivity index is 1.39. The van der Waals surface area contributed by atoms with E-state index in [2.05, 4.69) is 9.88 Å². The van der Waals surface area contributed by atoms with Gasteiger partial charge in [0.25, 0.3) is 0 Å². The minimum atomic E-state index is -0.294. The van der Waals surface area contributed by atoms with Gasteiger partial charge in [0.05, 0.1) is 11.0 Å². The topological polar surface area (TPSA) is 76.5 Å². The lowest BCUT2D eigenvalue weighted by molar-refractivity contribution is -0.133. The van der Waals surface area contributed by atoms with Crippen molar-refractivity contribution in [2.75, 3.05) is 20.2 Å². The van der Waals surface area contributed by atoms with Crippen LogP contribution < -0.4 is 5.32 Å². The molecule has 4 rings (SSSR count). The van der Waals surface area contributed by atoms with Crippen molar-refractivity contribution in [1.29, 1.82) is 0 Å². The van der Waals surface area contributed by atoms with Crippen LogP contribution in [0, 0.1) is 0 Å². The molecule has 1 aliphatic carbocycles. The van der Waals surface area contributed by atoms with E-state index in [1.54, 1.807) is 0 Å². The van der Waals surface area contributed by atoms with Gasteiger partial charge >= 0.3 is 0 Å². The number of aromatic nitrogens is 2. The van der Waals surface area contributed by atoms with E-state index in [4.69, 9.17) is 9.72 Å². The average molecular weight is 427 g/mol. The Morgan fingerprint density at radius 1 is 1.16 bits per heavy atom. The number of aryl methyl sites for hydroxylation is 1. The summed E-state index contributed by atoms with van der Waals surface area (Å²) in [5.74, 6) is 1.02. The van der Waals surface area contributed by atoms with Crippen LogP contribution in [0.4, 0.5) is 0 Å². The largest absolute Gasteiger partial charge is 0.368 e. The van der Waals surface area contributed by atoms with E-state index >= 15 is 0 Å². The van der Waals surface area contributed by atoms with Crippen molar-refractivity contribution in [2.24, 2.45) is 0 Å². The number of nitrogens with zero attached hydrogens (tertiary/aromatic N) is 3. The fraction of sp³-hybridized carbons (Fsp3) is 0.625. The van der Waals surface area contributed by atoms with Gasteiger partial charge in [-0.2, -0.15) is 0 Å². The number of carbonyl (C=O) groups excluding carboxylic acids is 2. The van der Waals surface area contributed by atoms with Gasteiger partial charge in [0.15, 0.2) is 0 Å². The molecule has 0 radical (unpaired) electrons. The van der Waals surface area contributed by atoms with Crippen molar-refractivity contribution >= 4 is 22.8 Å². The summed E-state index contributed by atoms with van der Waals surface area (Å²) in [6, 6.07) is 8.33. The molecule has 1 aromatic heterocycles. The normalized spacial score (nSPS) is 19.6. The van der Waals surface area contributed by atoms with Crippen LogP contribution in [0.3, 0.4) is 0 Å². The Morgan fingerprint density at radius 3 is 2.74 bits per heavy atom. The summed E-state index contributed by atoms with van der Waals surface area (Å²) >= 11 is 0. The van der Waals surface area contributed by atoms with Crippen molar-refractivity contribution in [3.63, 3.8) is 0 Å². The molecule has 2 amide bonds. The van der Waals surface area contributed by atoms with E-state index in [9.17, 15) is 9.59 Å². The van der Waals surface area contributed by atoms with Crippen molar-refractivity contribution in [3.8, 4) is 0 Å². The van der Waals surface area contributed by atoms with Crippen molar-refractivity contribution < 1.29 is 14.3 Å². The van der Waals surface area contributed by atoms with Gasteiger partial charge in [-0.25, -0.2) is 4.98 Å². The summed E-state index contributed by atoms with van der Waals surface area (Å²) in [7, 11) is 1.94. The number of imidazole rings is 1. The number of hydrogen-bond donors (Lipinski definition) is 1. The molecule has 1 N–H and O–H groups in total. The second-order valence-electron chi connectivity index (χ2n) is 8.80. The molecule has 1 aliphatic heterocycles. The van der Waals surface area contributed by atoms with E-state index in [-0.39, 0.29) is 17.9 Å². The third-order valence-electron chi connectivity index (χ3n) is 6.64. The standard InChI is InChI=1S/C24H34N4O3/c1-27(18-9-3-2-4-10-18)23(29)17-28-20-12-6-5-11-19(20)26-22(28)14-7-15-25-24(30)21-13-8-16-31-21/h5-6,11-12,18,21H,2-4,7-10,13-17H2,1H3,(H,25,30). The highest BCUT2D eigenvalue weighted by Gasteiger charge is 2.24. The van der Waals surface area contributed by atoms with Crippen molar-refractivity contribution in [2.45, 2.75) is 76.5 Å². The van der Waals surface area contributed by atoms with Crippen LogP contribution in [0.2, 0.25) is 0 Å². The lowest BCUT2D eigenvalue weighted by Gasteiger charge is -2.31. The summed E-state index contributed by atoms with van der Waals surface area (Å²) in [5, 5.41) is 2.97. The summed E-state index contributed by atoms with van der Waals surface area (Å²) in [4.78, 5) is 31.9. The first-order valence-corrected chi connectivity index (χ1v) is 11.7. The molecule has 7 heteroatoms. The molecule has 31 heavy (non-hydrogen) atoms. The first kappa shape index (κ1) is 21.8. The predicted molar refractivity (Wildman–Crippen MR) is 120 cm³/mol. The minimum Gasteiger partial charge on any atom is -0.368 e. The minimum absolute atomic E-state index is 0.0183. The third kappa shape index (κ3) is 5.26. The number of carbonyl (C=O) groups is 2. The van der Waals surface area contributed by atoms with Gasteiger partial charge < -0.3 is 19.5 Å². The second-order valence-corrected chi connectivity index (χ2v) is 8.80. The summed E-state index contributed by atoms with van der Waals surface area (Å²) in [5.41, 5.74) is 1.90. The molecular formula is C24H34N4O3. The fourth-order valence-corrected chi connectivity index (χ4v) is 4.77. The van der Waals surface area contributed by atoms with Crippen molar-refractivity contribution in [1.82, 2.24) is 19.8 Å². The van der Waals surface area contributed by atoms with Crippen LogP contribution in [0.15, 0.2) is 24.3 Å². The fourth-order valence-electron chi connectivity index (χ4n) is 4.77. The number of ether oxygens (including phenoxy) is 1. The maximum absolute atomic E-state index is 13.1. The zero-order chi connectivity index (χ0) is 21.6. The zero-order valence-corrected chi connectivity index (χ0v) is 18.5. The van der Waals surface area contributed by atoms with E-state index in [1.165, 1.54) is 19.3 Å². The van der Waals surface area contributed by atoms with Gasteiger partial charge in [-0.1, -0.05) is 31.4 Å². The number of nitrogens with one attached hydrogen (secondary N) is 1. The quantitative estimate of drug-likeness (QED) is 0.658. The molecule has 0 bridgehead atoms. The number of fused-ring (bicyclic) bond motifs is 1. The number of rotatable bonds is 8. The lowest BCUT2D eigenvalue weighted by Crippen LogP contribution is -2.40. The van der Waals surface area contributed by atoms with Crippen LogP contribution in [-0.4, -0.2) is 58.6 Å². The molecule has 1 aromatic carbocycles. The molecule has 2 fully saturated rings. The van der Waals surface area contributed by atoms with Crippen LogP contribution in [0.25, 0.3) is 11.0 Å². The van der Waals surface area contributed by atoms with Crippen LogP contribution in [0.1, 0.15) is 57.2 Å². The van der Waals surface area contributed by atoms with Gasteiger partial charge in [-0.05, 0) is 44.2 Å². The van der Waals surface area contributed by atoms with Gasteiger partial charge in [-0.15, -0.1) is 0 Å². The first-order valence-electron chi connectivity index (χ1n) is 11.7. The molecule has 2 heterocycles. The lowest BCUT2D eigenvalue weighted by atomic mass is 9.94. The summed E-state index contributed by atoms with van der Waals surface area (Å²) in [6.07, 6.45) is 8.83. The Kier molecular flexibility index (Phi) is 7.22. The average Bonchev–Trinajstić information content (AvgIpc) is 3.45. The molecule has 1 atom stereocenters. The van der Waals surface area contributed by atoms with E-state index in [0.717, 1.165) is 49.0 Å². The van der Waals surface area contributed by atoms with Gasteiger partial charge in [0.1, 0.15) is 18.5 Å². The van der Waals surface area contributed by atoms with Gasteiger partial charge in [0, 0.05) is 32.7 Å². The third-order valence-corrected chi connectivity index (χ3v) is 6.64. The molecule has 0 spiro atoms. The molecule has 1 saturated heterocycles. The highest BCUT2D eigenvalue weighted by atomic mass is 16.5. The monoisotopic (exact) mass is 426 g/mol.